The zero-order valence-electron chi connectivity index (χ0n) is 13.4. The third-order valence-corrected chi connectivity index (χ3v) is 4.71. The number of β-amino-alcohol motifs (C(OH)–C–C–N with tert-alkyl or cyclic N) is 1. The number of aliphatic hydroxyl groups excluding tert-OH is 1. The molecule has 1 amide bonds. The van der Waals surface area contributed by atoms with Gasteiger partial charge in [-0.1, -0.05) is 23.4 Å². The van der Waals surface area contributed by atoms with Crippen LogP contribution in [0.4, 0.5) is 0 Å². The first-order valence-corrected chi connectivity index (χ1v) is 8.39. The summed E-state index contributed by atoms with van der Waals surface area (Å²) in [4.78, 5) is 14.4. The summed E-state index contributed by atoms with van der Waals surface area (Å²) in [6, 6.07) is 9.33. The van der Waals surface area contributed by atoms with Gasteiger partial charge in [0.25, 0.3) is 5.91 Å². The van der Waals surface area contributed by atoms with E-state index in [9.17, 15) is 9.90 Å². The molecule has 2 heterocycles. The lowest BCUT2D eigenvalue weighted by atomic mass is 9.96. The molecule has 126 valence electrons. The number of fused-ring (bicyclic) bond motifs is 1. The van der Waals surface area contributed by atoms with Gasteiger partial charge in [0.15, 0.2) is 5.69 Å². The number of carbonyl (C=O) groups is 1. The summed E-state index contributed by atoms with van der Waals surface area (Å²) in [7, 11) is 0. The Balaban J connectivity index is 1.47. The van der Waals surface area contributed by atoms with Crippen LogP contribution in [0.25, 0.3) is 0 Å². The third-order valence-electron chi connectivity index (χ3n) is 4.71. The second-order valence-corrected chi connectivity index (χ2v) is 6.39. The molecule has 1 aliphatic carbocycles. The fraction of sp³-hybridized carbons (Fsp3) is 0.444. The van der Waals surface area contributed by atoms with Gasteiger partial charge in [-0.25, -0.2) is 0 Å². The van der Waals surface area contributed by atoms with E-state index in [2.05, 4.69) is 5.16 Å². The summed E-state index contributed by atoms with van der Waals surface area (Å²) < 4.78 is 11.1. The van der Waals surface area contributed by atoms with E-state index >= 15 is 0 Å². The van der Waals surface area contributed by atoms with E-state index < -0.39 is 12.2 Å². The van der Waals surface area contributed by atoms with Gasteiger partial charge in [0.05, 0.1) is 13.1 Å². The van der Waals surface area contributed by atoms with Crippen LogP contribution in [0, 0.1) is 0 Å². The second kappa shape index (κ2) is 6.28. The number of nitrogens with zero attached hydrogens (tertiary/aromatic N) is 2. The van der Waals surface area contributed by atoms with E-state index in [1.807, 2.05) is 30.3 Å². The number of benzene rings is 1. The lowest BCUT2D eigenvalue weighted by Gasteiger charge is -2.17. The molecule has 0 saturated carbocycles. The van der Waals surface area contributed by atoms with Crippen molar-refractivity contribution in [2.24, 2.45) is 0 Å². The van der Waals surface area contributed by atoms with Gasteiger partial charge in [-0.3, -0.25) is 4.79 Å². The van der Waals surface area contributed by atoms with Crippen LogP contribution in [-0.4, -0.2) is 46.4 Å². The zero-order chi connectivity index (χ0) is 16.5. The molecule has 0 spiro atoms. The summed E-state index contributed by atoms with van der Waals surface area (Å²) in [5, 5.41) is 14.2. The summed E-state index contributed by atoms with van der Waals surface area (Å²) in [5.74, 6) is 1.34. The van der Waals surface area contributed by atoms with Crippen molar-refractivity contribution in [3.05, 3.63) is 47.3 Å². The van der Waals surface area contributed by atoms with Crippen LogP contribution in [-0.2, 0) is 12.8 Å². The minimum Gasteiger partial charge on any atom is -0.486 e. The molecule has 1 fully saturated rings. The molecule has 6 nitrogen and oxygen atoms in total. The molecule has 1 aliphatic heterocycles. The average molecular weight is 328 g/mol. The number of aliphatic hydroxyl groups is 1. The fourth-order valence-electron chi connectivity index (χ4n) is 3.41. The Labute approximate surface area is 140 Å². The highest BCUT2D eigenvalue weighted by atomic mass is 16.5. The van der Waals surface area contributed by atoms with Crippen LogP contribution >= 0.6 is 0 Å². The summed E-state index contributed by atoms with van der Waals surface area (Å²) in [6.45, 7) is 0.592. The van der Waals surface area contributed by atoms with Gasteiger partial charge in [-0.15, -0.1) is 0 Å². The number of carbonyl (C=O) groups excluding carboxylic acids is 1. The van der Waals surface area contributed by atoms with Crippen molar-refractivity contribution in [2.75, 3.05) is 13.1 Å². The number of likely N-dealkylation sites (tertiary alicyclic amines) is 1. The Bertz CT molecular complexity index is 728. The Morgan fingerprint density at radius 1 is 1.21 bits per heavy atom. The molecule has 1 aromatic carbocycles. The maximum Gasteiger partial charge on any atom is 0.276 e. The molecular weight excluding hydrogens is 308 g/mol. The third kappa shape index (κ3) is 2.78. The SMILES string of the molecule is O=C(c1noc2c1CCCC2)N1C[C@@H](O)[C@H](Oc2ccccc2)C1. The lowest BCUT2D eigenvalue weighted by Crippen LogP contribution is -2.32. The van der Waals surface area contributed by atoms with E-state index in [0.717, 1.165) is 37.0 Å². The van der Waals surface area contributed by atoms with E-state index in [-0.39, 0.29) is 12.5 Å². The van der Waals surface area contributed by atoms with Crippen molar-refractivity contribution >= 4 is 5.91 Å². The molecule has 1 aromatic heterocycles. The Morgan fingerprint density at radius 3 is 2.83 bits per heavy atom. The topological polar surface area (TPSA) is 75.8 Å². The quantitative estimate of drug-likeness (QED) is 0.930. The number of rotatable bonds is 3. The Kier molecular flexibility index (Phi) is 3.98. The zero-order valence-corrected chi connectivity index (χ0v) is 13.4. The normalized spacial score (nSPS) is 23.1. The van der Waals surface area contributed by atoms with Crippen LogP contribution < -0.4 is 4.74 Å². The minimum atomic E-state index is -0.711. The van der Waals surface area contributed by atoms with E-state index in [1.165, 1.54) is 0 Å². The highest BCUT2D eigenvalue weighted by Crippen LogP contribution is 2.26. The predicted octanol–water partition coefficient (Wildman–Crippen LogP) is 1.82. The number of ether oxygens (including phenoxy) is 1. The summed E-state index contributed by atoms with van der Waals surface area (Å²) in [5.41, 5.74) is 1.34. The number of aryl methyl sites for hydroxylation is 1. The average Bonchev–Trinajstić information content (AvgIpc) is 3.19. The molecule has 1 saturated heterocycles. The number of amides is 1. The maximum atomic E-state index is 12.8. The molecule has 2 aliphatic rings. The monoisotopic (exact) mass is 328 g/mol. The van der Waals surface area contributed by atoms with Crippen molar-refractivity contribution in [3.63, 3.8) is 0 Å². The van der Waals surface area contributed by atoms with Crippen molar-refractivity contribution in [1.29, 1.82) is 0 Å². The van der Waals surface area contributed by atoms with Gasteiger partial charge in [0.1, 0.15) is 23.7 Å². The molecule has 4 rings (SSSR count). The Hall–Kier alpha value is -2.34. The molecular formula is C18H20N2O4. The molecule has 0 unspecified atom stereocenters. The van der Waals surface area contributed by atoms with Crippen molar-refractivity contribution in [1.82, 2.24) is 10.1 Å². The number of hydrogen-bond acceptors (Lipinski definition) is 5. The smallest absolute Gasteiger partial charge is 0.276 e. The molecule has 2 aromatic rings. The predicted molar refractivity (Wildman–Crippen MR) is 85.9 cm³/mol. The van der Waals surface area contributed by atoms with Crippen LogP contribution in [0.2, 0.25) is 0 Å². The fourth-order valence-corrected chi connectivity index (χ4v) is 3.41. The van der Waals surface area contributed by atoms with Crippen molar-refractivity contribution < 1.29 is 19.2 Å². The first-order valence-electron chi connectivity index (χ1n) is 8.39. The van der Waals surface area contributed by atoms with Crippen LogP contribution in [0.5, 0.6) is 5.75 Å². The summed E-state index contributed by atoms with van der Waals surface area (Å²) in [6.07, 6.45) is 2.66. The first kappa shape index (κ1) is 15.2. The van der Waals surface area contributed by atoms with Crippen LogP contribution in [0.3, 0.4) is 0 Å². The molecule has 0 bridgehead atoms. The molecule has 1 N–H and O–H groups in total. The lowest BCUT2D eigenvalue weighted by molar-refractivity contribution is 0.0727. The molecule has 24 heavy (non-hydrogen) atoms. The summed E-state index contributed by atoms with van der Waals surface area (Å²) >= 11 is 0. The first-order chi connectivity index (χ1) is 11.7. The highest BCUT2D eigenvalue weighted by Gasteiger charge is 2.38. The molecule has 2 atom stereocenters. The van der Waals surface area contributed by atoms with Crippen molar-refractivity contribution in [2.45, 2.75) is 37.9 Å². The van der Waals surface area contributed by atoms with E-state index in [1.54, 1.807) is 4.90 Å². The maximum absolute atomic E-state index is 12.8. The second-order valence-electron chi connectivity index (χ2n) is 6.39. The van der Waals surface area contributed by atoms with Crippen molar-refractivity contribution in [3.8, 4) is 5.75 Å². The van der Waals surface area contributed by atoms with Gasteiger partial charge in [0, 0.05) is 12.0 Å². The number of hydrogen-bond donors (Lipinski definition) is 1. The molecule has 6 heteroatoms. The number of aromatic nitrogens is 1. The van der Waals surface area contributed by atoms with Gasteiger partial charge in [0.2, 0.25) is 0 Å². The largest absolute Gasteiger partial charge is 0.486 e. The number of para-hydroxylation sites is 1. The molecule has 0 radical (unpaired) electrons. The van der Waals surface area contributed by atoms with Gasteiger partial charge in [-0.05, 0) is 31.4 Å². The minimum absolute atomic E-state index is 0.180. The van der Waals surface area contributed by atoms with Gasteiger partial charge < -0.3 is 19.3 Å². The van der Waals surface area contributed by atoms with Gasteiger partial charge >= 0.3 is 0 Å². The highest BCUT2D eigenvalue weighted by molar-refractivity contribution is 5.94. The van der Waals surface area contributed by atoms with Crippen LogP contribution in [0.1, 0.15) is 34.7 Å². The van der Waals surface area contributed by atoms with E-state index in [0.29, 0.717) is 18.0 Å². The standard InChI is InChI=1S/C18H20N2O4/c21-14-10-20(11-16(14)23-12-6-2-1-3-7-12)18(22)17-13-8-4-5-9-15(13)24-19-17/h1-3,6-7,14,16,21H,4-5,8-11H2/t14-,16-/m1/s1. The van der Waals surface area contributed by atoms with E-state index in [4.69, 9.17) is 9.26 Å². The van der Waals surface area contributed by atoms with Gasteiger partial charge in [-0.2, -0.15) is 0 Å². The van der Waals surface area contributed by atoms with Crippen LogP contribution in [0.15, 0.2) is 34.9 Å². The Morgan fingerprint density at radius 2 is 2.00 bits per heavy atom.